The van der Waals surface area contributed by atoms with Gasteiger partial charge in [-0.25, -0.2) is 0 Å². The first-order valence-electron chi connectivity index (χ1n) is 4.45. The summed E-state index contributed by atoms with van der Waals surface area (Å²) in [6, 6.07) is 0. The Labute approximate surface area is 78.9 Å². The minimum absolute atomic E-state index is 0.812. The molecule has 70 valence electrons. The first-order chi connectivity index (χ1) is 6.19. The predicted octanol–water partition coefficient (Wildman–Crippen LogP) is 3.30. The van der Waals surface area contributed by atoms with Gasteiger partial charge in [-0.05, 0) is 26.3 Å². The minimum atomic E-state index is 0.812. The second kappa shape index (κ2) is 4.08. The number of hydrogen-bond acceptors (Lipinski definition) is 2. The summed E-state index contributed by atoms with van der Waals surface area (Å²) in [6.07, 6.45) is 4.65. The first-order valence-corrected chi connectivity index (χ1v) is 4.45. The highest BCUT2D eigenvalue weighted by Gasteiger charge is 2.08. The van der Waals surface area contributed by atoms with Gasteiger partial charge in [-0.3, -0.25) is 0 Å². The van der Waals surface area contributed by atoms with E-state index in [2.05, 4.69) is 18.7 Å². The number of aryl methyl sites for hydroxylation is 1. The van der Waals surface area contributed by atoms with Crippen LogP contribution in [-0.2, 0) is 6.42 Å². The van der Waals surface area contributed by atoms with Crippen LogP contribution in [0.1, 0.15) is 37.8 Å². The van der Waals surface area contributed by atoms with E-state index in [9.17, 15) is 0 Å². The molecule has 0 amide bonds. The average Bonchev–Trinajstić information content (AvgIpc) is 2.45. The highest BCUT2D eigenvalue weighted by Crippen LogP contribution is 2.18. The fourth-order valence-corrected chi connectivity index (χ4v) is 1.18. The van der Waals surface area contributed by atoms with Gasteiger partial charge < -0.3 is 4.52 Å². The third-order valence-corrected chi connectivity index (χ3v) is 1.79. The number of nitrogens with zero attached hydrogens (tertiary/aromatic N) is 1. The summed E-state index contributed by atoms with van der Waals surface area (Å²) in [5.74, 6) is 0.812. The van der Waals surface area contributed by atoms with E-state index in [1.807, 2.05) is 19.9 Å². The van der Waals surface area contributed by atoms with Crippen LogP contribution in [0.4, 0.5) is 0 Å². The molecule has 0 fully saturated rings. The Kier molecular flexibility index (Phi) is 3.07. The molecule has 2 nitrogen and oxygen atoms in total. The molecule has 0 aliphatic rings. The monoisotopic (exact) mass is 177 g/mol. The van der Waals surface area contributed by atoms with Crippen LogP contribution in [0.5, 0.6) is 0 Å². The second-order valence-corrected chi connectivity index (χ2v) is 3.19. The zero-order valence-corrected chi connectivity index (χ0v) is 8.42. The number of rotatable bonds is 3. The smallest absolute Gasteiger partial charge is 0.167 e. The molecule has 1 aromatic rings. The van der Waals surface area contributed by atoms with Gasteiger partial charge in [0.1, 0.15) is 0 Å². The molecule has 1 heterocycles. The van der Waals surface area contributed by atoms with Gasteiger partial charge in [0, 0.05) is 5.56 Å². The molecule has 0 radical (unpaired) electrons. The SMILES string of the molecule is C=Cc1c(CC)noc1C=C(C)C. The van der Waals surface area contributed by atoms with E-state index in [0.717, 1.165) is 23.4 Å². The van der Waals surface area contributed by atoms with Crippen molar-refractivity contribution in [3.8, 4) is 0 Å². The van der Waals surface area contributed by atoms with Gasteiger partial charge in [0.2, 0.25) is 0 Å². The van der Waals surface area contributed by atoms with Crippen LogP contribution < -0.4 is 0 Å². The number of aromatic nitrogens is 1. The lowest BCUT2D eigenvalue weighted by molar-refractivity contribution is 0.405. The van der Waals surface area contributed by atoms with Gasteiger partial charge in [0.05, 0.1) is 5.69 Å². The molecule has 1 aromatic heterocycles. The van der Waals surface area contributed by atoms with Gasteiger partial charge in [-0.1, -0.05) is 30.3 Å². The molecule has 0 atom stereocenters. The summed E-state index contributed by atoms with van der Waals surface area (Å²) in [5.41, 5.74) is 3.19. The van der Waals surface area contributed by atoms with E-state index >= 15 is 0 Å². The quantitative estimate of drug-likeness (QED) is 0.708. The lowest BCUT2D eigenvalue weighted by Crippen LogP contribution is -1.82. The highest BCUT2D eigenvalue weighted by molar-refractivity contribution is 5.62. The van der Waals surface area contributed by atoms with Crippen molar-refractivity contribution in [1.29, 1.82) is 0 Å². The van der Waals surface area contributed by atoms with Crippen molar-refractivity contribution in [2.45, 2.75) is 27.2 Å². The van der Waals surface area contributed by atoms with Crippen molar-refractivity contribution in [1.82, 2.24) is 5.16 Å². The van der Waals surface area contributed by atoms with Gasteiger partial charge in [-0.15, -0.1) is 0 Å². The second-order valence-electron chi connectivity index (χ2n) is 3.19. The van der Waals surface area contributed by atoms with E-state index in [0.29, 0.717) is 0 Å². The zero-order valence-electron chi connectivity index (χ0n) is 8.42. The lowest BCUT2D eigenvalue weighted by atomic mass is 10.1. The standard InChI is InChI=1S/C11H15NO/c1-5-9-10(6-2)12-13-11(9)7-8(3)4/h5,7H,1,6H2,2-4H3. The van der Waals surface area contributed by atoms with E-state index < -0.39 is 0 Å². The van der Waals surface area contributed by atoms with Crippen LogP contribution >= 0.6 is 0 Å². The molecule has 0 aliphatic carbocycles. The van der Waals surface area contributed by atoms with Crippen LogP contribution in [0.3, 0.4) is 0 Å². The summed E-state index contributed by atoms with van der Waals surface area (Å²) in [7, 11) is 0. The number of hydrogen-bond donors (Lipinski definition) is 0. The maximum absolute atomic E-state index is 5.19. The summed E-state index contributed by atoms with van der Waals surface area (Å²) >= 11 is 0. The van der Waals surface area contributed by atoms with Crippen LogP contribution in [0.2, 0.25) is 0 Å². The van der Waals surface area contributed by atoms with Crippen LogP contribution in [0.25, 0.3) is 12.2 Å². The molecule has 2 heteroatoms. The zero-order chi connectivity index (χ0) is 9.84. The highest BCUT2D eigenvalue weighted by atomic mass is 16.5. The Bertz CT molecular complexity index is 330. The number of allylic oxidation sites excluding steroid dienone is 1. The Morgan fingerprint density at radius 2 is 2.23 bits per heavy atom. The molecule has 0 N–H and O–H groups in total. The molecular formula is C11H15NO. The molecule has 0 spiro atoms. The molecule has 0 aromatic carbocycles. The summed E-state index contributed by atoms with van der Waals surface area (Å²) in [5, 5.41) is 3.97. The molecule has 13 heavy (non-hydrogen) atoms. The third kappa shape index (κ3) is 2.08. The summed E-state index contributed by atoms with van der Waals surface area (Å²) in [4.78, 5) is 0. The molecule has 0 bridgehead atoms. The van der Waals surface area contributed by atoms with Crippen molar-refractivity contribution >= 4 is 12.2 Å². The molecule has 0 saturated heterocycles. The third-order valence-electron chi connectivity index (χ3n) is 1.79. The average molecular weight is 177 g/mol. The van der Waals surface area contributed by atoms with Crippen molar-refractivity contribution in [2.75, 3.05) is 0 Å². The van der Waals surface area contributed by atoms with Crippen LogP contribution in [0, 0.1) is 0 Å². The van der Waals surface area contributed by atoms with Crippen molar-refractivity contribution in [3.05, 3.63) is 29.2 Å². The fraction of sp³-hybridized carbons (Fsp3) is 0.364. The van der Waals surface area contributed by atoms with Crippen molar-refractivity contribution < 1.29 is 4.52 Å². The topological polar surface area (TPSA) is 26.0 Å². The normalized spacial score (nSPS) is 9.77. The van der Waals surface area contributed by atoms with Crippen LogP contribution in [-0.4, -0.2) is 5.16 Å². The van der Waals surface area contributed by atoms with E-state index in [1.54, 1.807) is 6.08 Å². The molecular weight excluding hydrogens is 162 g/mol. The largest absolute Gasteiger partial charge is 0.356 e. The van der Waals surface area contributed by atoms with Gasteiger partial charge >= 0.3 is 0 Å². The Hall–Kier alpha value is -1.31. The van der Waals surface area contributed by atoms with Gasteiger partial charge in [-0.2, -0.15) is 0 Å². The Morgan fingerprint density at radius 1 is 1.54 bits per heavy atom. The fourth-order valence-electron chi connectivity index (χ4n) is 1.18. The van der Waals surface area contributed by atoms with Crippen molar-refractivity contribution in [3.63, 3.8) is 0 Å². The molecule has 0 saturated carbocycles. The van der Waals surface area contributed by atoms with E-state index in [1.165, 1.54) is 5.57 Å². The van der Waals surface area contributed by atoms with E-state index in [-0.39, 0.29) is 0 Å². The maximum atomic E-state index is 5.19. The first kappa shape index (κ1) is 9.78. The Morgan fingerprint density at radius 3 is 2.69 bits per heavy atom. The maximum Gasteiger partial charge on any atom is 0.167 e. The van der Waals surface area contributed by atoms with Gasteiger partial charge in [0.25, 0.3) is 0 Å². The molecule has 0 unspecified atom stereocenters. The Balaban J connectivity index is 3.15. The minimum Gasteiger partial charge on any atom is -0.356 e. The van der Waals surface area contributed by atoms with E-state index in [4.69, 9.17) is 4.52 Å². The molecule has 0 aliphatic heterocycles. The predicted molar refractivity (Wildman–Crippen MR) is 55.3 cm³/mol. The summed E-state index contributed by atoms with van der Waals surface area (Å²) < 4.78 is 5.19. The van der Waals surface area contributed by atoms with Gasteiger partial charge in [0.15, 0.2) is 5.76 Å². The summed E-state index contributed by atoms with van der Waals surface area (Å²) in [6.45, 7) is 9.86. The van der Waals surface area contributed by atoms with Crippen LogP contribution in [0.15, 0.2) is 16.7 Å². The lowest BCUT2D eigenvalue weighted by Gasteiger charge is -1.91. The van der Waals surface area contributed by atoms with Crippen molar-refractivity contribution in [2.24, 2.45) is 0 Å². The molecule has 1 rings (SSSR count).